The van der Waals surface area contributed by atoms with Gasteiger partial charge in [0.2, 0.25) is 0 Å². The molecule has 0 radical (unpaired) electrons. The van der Waals surface area contributed by atoms with Crippen molar-refractivity contribution in [2.24, 2.45) is 0 Å². The van der Waals surface area contributed by atoms with Gasteiger partial charge in [-0.25, -0.2) is 9.78 Å². The van der Waals surface area contributed by atoms with Gasteiger partial charge in [-0.1, -0.05) is 48.5 Å². The Bertz CT molecular complexity index is 1190. The van der Waals surface area contributed by atoms with Crippen LogP contribution in [0.5, 0.6) is 0 Å². The lowest BCUT2D eigenvalue weighted by molar-refractivity contribution is -0.134. The summed E-state index contributed by atoms with van der Waals surface area (Å²) in [4.78, 5) is 31.7. The fourth-order valence-electron chi connectivity index (χ4n) is 3.47. The van der Waals surface area contributed by atoms with E-state index < -0.39 is 18.5 Å². The highest BCUT2D eigenvalue weighted by Crippen LogP contribution is 2.30. The first kappa shape index (κ1) is 22.5. The topological polar surface area (TPSA) is 107 Å². The number of esters is 1. The van der Waals surface area contributed by atoms with Gasteiger partial charge in [-0.15, -0.1) is 0 Å². The molecule has 0 N–H and O–H groups in total. The molecule has 0 spiro atoms. The maximum absolute atomic E-state index is 13.1. The van der Waals surface area contributed by atoms with Crippen molar-refractivity contribution in [3.63, 3.8) is 0 Å². The van der Waals surface area contributed by atoms with E-state index in [4.69, 9.17) is 20.2 Å². The number of nitrogens with zero attached hydrogens (tertiary/aromatic N) is 4. The number of ether oxygens (including phenoxy) is 1. The number of fused-ring (bicyclic) bond motifs is 1. The van der Waals surface area contributed by atoms with Crippen LogP contribution < -0.4 is 0 Å². The molecule has 0 bridgehead atoms. The number of hydrogen-bond donors (Lipinski definition) is 0. The summed E-state index contributed by atoms with van der Waals surface area (Å²) in [6.07, 6.45) is 0.277. The number of nitriles is 2. The molecular weight excluding hydrogens is 404 g/mol. The summed E-state index contributed by atoms with van der Waals surface area (Å²) in [6.45, 7) is 1.71. The molecule has 0 aliphatic rings. The Morgan fingerprint density at radius 3 is 2.25 bits per heavy atom. The van der Waals surface area contributed by atoms with E-state index in [1.54, 1.807) is 6.07 Å². The van der Waals surface area contributed by atoms with Gasteiger partial charge in [-0.2, -0.15) is 10.5 Å². The third-order valence-electron chi connectivity index (χ3n) is 5.05. The summed E-state index contributed by atoms with van der Waals surface area (Å²) in [5.74, 6) is -1.06. The van der Waals surface area contributed by atoms with E-state index >= 15 is 0 Å². The quantitative estimate of drug-likeness (QED) is 0.504. The number of aromatic nitrogens is 1. The summed E-state index contributed by atoms with van der Waals surface area (Å²) in [5.41, 5.74) is 3.23. The second-order valence-electron chi connectivity index (χ2n) is 7.12. The van der Waals surface area contributed by atoms with Gasteiger partial charge in [0.15, 0.2) is 6.61 Å². The molecule has 32 heavy (non-hydrogen) atoms. The molecular formula is C25H22N4O3. The van der Waals surface area contributed by atoms with Gasteiger partial charge in [0, 0.05) is 24.0 Å². The Kier molecular flexibility index (Phi) is 7.51. The fraction of sp³-hybridized carbons (Fsp3) is 0.240. The van der Waals surface area contributed by atoms with Gasteiger partial charge in [0.1, 0.15) is 0 Å². The molecule has 160 valence electrons. The van der Waals surface area contributed by atoms with Gasteiger partial charge in [0.05, 0.1) is 41.8 Å². The lowest BCUT2D eigenvalue weighted by atomic mass is 9.98. The SMILES string of the molecule is Cc1c(-c2ccccc2)nc2ccccc2c1C(=O)OCC(=O)N(CCC#N)CCC#N. The smallest absolute Gasteiger partial charge is 0.339 e. The largest absolute Gasteiger partial charge is 0.452 e. The van der Waals surface area contributed by atoms with Crippen molar-refractivity contribution in [1.82, 2.24) is 9.88 Å². The van der Waals surface area contributed by atoms with Gasteiger partial charge in [0.25, 0.3) is 5.91 Å². The molecule has 0 saturated carbocycles. The highest BCUT2D eigenvalue weighted by atomic mass is 16.5. The average molecular weight is 426 g/mol. The zero-order valence-corrected chi connectivity index (χ0v) is 17.7. The second kappa shape index (κ2) is 10.7. The Labute approximate surface area is 186 Å². The highest BCUT2D eigenvalue weighted by Gasteiger charge is 2.22. The molecule has 1 aromatic heterocycles. The lowest BCUT2D eigenvalue weighted by Crippen LogP contribution is -2.36. The molecule has 3 rings (SSSR count). The van der Waals surface area contributed by atoms with Crippen LogP contribution in [-0.2, 0) is 9.53 Å². The van der Waals surface area contributed by atoms with Crippen molar-refractivity contribution in [3.8, 4) is 23.4 Å². The van der Waals surface area contributed by atoms with Gasteiger partial charge < -0.3 is 9.64 Å². The van der Waals surface area contributed by atoms with Crippen molar-refractivity contribution in [3.05, 3.63) is 65.7 Å². The Balaban J connectivity index is 1.89. The monoisotopic (exact) mass is 426 g/mol. The average Bonchev–Trinajstić information content (AvgIpc) is 2.82. The van der Waals surface area contributed by atoms with Crippen LogP contribution in [0.3, 0.4) is 0 Å². The van der Waals surface area contributed by atoms with Crippen molar-refractivity contribution in [2.45, 2.75) is 19.8 Å². The van der Waals surface area contributed by atoms with Gasteiger partial charge >= 0.3 is 5.97 Å². The standard InChI is InChI=1S/C25H22N4O3/c1-18-23(25(31)32-17-22(30)29(15-7-13-26)16-8-14-27)20-11-5-6-12-21(20)28-24(18)19-9-3-2-4-10-19/h2-6,9-12H,7-8,15-17H2,1H3. The number of hydrogen-bond acceptors (Lipinski definition) is 6. The molecule has 0 saturated heterocycles. The van der Waals surface area contributed by atoms with E-state index in [0.29, 0.717) is 27.7 Å². The van der Waals surface area contributed by atoms with E-state index in [1.165, 1.54) is 4.90 Å². The molecule has 0 unspecified atom stereocenters. The Morgan fingerprint density at radius 1 is 0.969 bits per heavy atom. The minimum Gasteiger partial charge on any atom is -0.452 e. The molecule has 0 aliphatic carbocycles. The van der Waals surface area contributed by atoms with E-state index in [2.05, 4.69) is 0 Å². The predicted octanol–water partition coefficient (Wildman–Crippen LogP) is 4.02. The molecule has 0 aliphatic heterocycles. The predicted molar refractivity (Wildman–Crippen MR) is 119 cm³/mol. The number of rotatable bonds is 8. The third-order valence-corrected chi connectivity index (χ3v) is 5.05. The van der Waals surface area contributed by atoms with Crippen LogP contribution >= 0.6 is 0 Å². The number of para-hydroxylation sites is 1. The third kappa shape index (κ3) is 5.08. The molecule has 0 fully saturated rings. The van der Waals surface area contributed by atoms with E-state index in [9.17, 15) is 9.59 Å². The summed E-state index contributed by atoms with van der Waals surface area (Å²) in [5, 5.41) is 18.2. The van der Waals surface area contributed by atoms with Crippen molar-refractivity contribution >= 4 is 22.8 Å². The lowest BCUT2D eigenvalue weighted by Gasteiger charge is -2.20. The van der Waals surface area contributed by atoms with Crippen LogP contribution in [0.2, 0.25) is 0 Å². The minimum atomic E-state index is -0.618. The maximum Gasteiger partial charge on any atom is 0.339 e. The van der Waals surface area contributed by atoms with Crippen LogP contribution in [0.1, 0.15) is 28.8 Å². The number of carbonyl (C=O) groups excluding carboxylic acids is 2. The van der Waals surface area contributed by atoms with Crippen LogP contribution in [0.15, 0.2) is 54.6 Å². The summed E-state index contributed by atoms with van der Waals surface area (Å²) in [7, 11) is 0. The Morgan fingerprint density at radius 2 is 1.59 bits per heavy atom. The van der Waals surface area contributed by atoms with Crippen molar-refractivity contribution in [1.29, 1.82) is 10.5 Å². The normalized spacial score (nSPS) is 10.2. The minimum absolute atomic E-state index is 0.139. The van der Waals surface area contributed by atoms with E-state index in [-0.39, 0.29) is 25.9 Å². The fourth-order valence-corrected chi connectivity index (χ4v) is 3.47. The summed E-state index contributed by atoms with van der Waals surface area (Å²) in [6, 6.07) is 20.8. The second-order valence-corrected chi connectivity index (χ2v) is 7.12. The van der Waals surface area contributed by atoms with Gasteiger partial charge in [-0.3, -0.25) is 4.79 Å². The molecule has 0 atom stereocenters. The molecule has 2 aromatic carbocycles. The number of amides is 1. The first-order valence-corrected chi connectivity index (χ1v) is 10.2. The van der Waals surface area contributed by atoms with Crippen molar-refractivity contribution in [2.75, 3.05) is 19.7 Å². The first-order valence-electron chi connectivity index (χ1n) is 10.2. The zero-order valence-electron chi connectivity index (χ0n) is 17.7. The van der Waals surface area contributed by atoms with Crippen LogP contribution in [0.4, 0.5) is 0 Å². The molecule has 1 amide bonds. The number of benzene rings is 2. The van der Waals surface area contributed by atoms with Crippen LogP contribution in [0, 0.1) is 29.6 Å². The number of pyridine rings is 1. The van der Waals surface area contributed by atoms with Crippen LogP contribution in [-0.4, -0.2) is 41.5 Å². The number of carbonyl (C=O) groups is 2. The molecule has 7 heteroatoms. The Hall–Kier alpha value is -4.23. The van der Waals surface area contributed by atoms with E-state index in [1.807, 2.05) is 67.6 Å². The molecule has 1 heterocycles. The van der Waals surface area contributed by atoms with Crippen molar-refractivity contribution < 1.29 is 14.3 Å². The van der Waals surface area contributed by atoms with E-state index in [0.717, 1.165) is 5.56 Å². The van der Waals surface area contributed by atoms with Gasteiger partial charge in [-0.05, 0) is 18.6 Å². The molecule has 3 aromatic rings. The summed E-state index contributed by atoms with van der Waals surface area (Å²) >= 11 is 0. The highest BCUT2D eigenvalue weighted by molar-refractivity contribution is 6.06. The first-order chi connectivity index (χ1) is 15.6. The molecule has 7 nitrogen and oxygen atoms in total. The maximum atomic E-state index is 13.1. The van der Waals surface area contributed by atoms with Crippen LogP contribution in [0.25, 0.3) is 22.2 Å². The summed E-state index contributed by atoms with van der Waals surface area (Å²) < 4.78 is 5.39. The zero-order chi connectivity index (χ0) is 22.9.